The minimum atomic E-state index is -1.45. The molecule has 0 fully saturated rings. The summed E-state index contributed by atoms with van der Waals surface area (Å²) in [4.78, 5) is 0. The van der Waals surface area contributed by atoms with Crippen LogP contribution in [0.15, 0.2) is 24.3 Å². The summed E-state index contributed by atoms with van der Waals surface area (Å²) in [5.41, 5.74) is 1.21. The Kier molecular flexibility index (Phi) is 4.67. The van der Waals surface area contributed by atoms with Crippen molar-refractivity contribution < 1.29 is 4.74 Å². The van der Waals surface area contributed by atoms with Crippen LogP contribution in [0.25, 0.3) is 0 Å². The minimum Gasteiger partial charge on any atom is -0.488 e. The Hall–Kier alpha value is -0.473. The van der Waals surface area contributed by atoms with E-state index >= 15 is 0 Å². The highest BCUT2D eigenvalue weighted by Crippen LogP contribution is 2.21. The zero-order valence-electron chi connectivity index (χ0n) is 11.5. The van der Waals surface area contributed by atoms with Crippen LogP contribution in [0.4, 0.5) is 0 Å². The number of ether oxygens (including phenoxy) is 1. The van der Waals surface area contributed by atoms with Crippen molar-refractivity contribution in [3.05, 3.63) is 29.8 Å². The lowest BCUT2D eigenvalue weighted by atomic mass is 10.1. The number of rotatable bonds is 4. The first-order valence-corrected chi connectivity index (χ1v) is 10.3. The van der Waals surface area contributed by atoms with E-state index in [1.807, 2.05) is 12.1 Å². The van der Waals surface area contributed by atoms with Crippen molar-refractivity contribution in [1.29, 1.82) is 0 Å². The van der Waals surface area contributed by atoms with Crippen molar-refractivity contribution in [3.63, 3.8) is 0 Å². The summed E-state index contributed by atoms with van der Waals surface area (Å²) in [7, 11) is -1.45. The van der Waals surface area contributed by atoms with Crippen molar-refractivity contribution in [2.24, 2.45) is 0 Å². The molecule has 0 aliphatic heterocycles. The summed E-state index contributed by atoms with van der Waals surface area (Å²) in [6.07, 6.45) is 1.07. The van der Waals surface area contributed by atoms with Gasteiger partial charge in [0.2, 0.25) is 0 Å². The van der Waals surface area contributed by atoms with Gasteiger partial charge in [-0.25, -0.2) is 0 Å². The molecular weight excluding hydrogens is 248 g/mol. The lowest BCUT2D eigenvalue weighted by molar-refractivity contribution is 0.131. The third-order valence-corrected chi connectivity index (χ3v) is 4.36. The van der Waals surface area contributed by atoms with Crippen LogP contribution in [-0.2, 0) is 6.42 Å². The van der Waals surface area contributed by atoms with E-state index in [9.17, 15) is 0 Å². The van der Waals surface area contributed by atoms with Crippen LogP contribution in [0.5, 0.6) is 5.75 Å². The summed E-state index contributed by atoms with van der Waals surface area (Å²) < 4.78 is 5.78. The number of benzene rings is 1. The molecule has 0 saturated carbocycles. The van der Waals surface area contributed by atoms with Gasteiger partial charge in [0.1, 0.15) is 11.4 Å². The largest absolute Gasteiger partial charge is 0.488 e. The third-order valence-electron chi connectivity index (χ3n) is 2.36. The SMILES string of the molecule is CC(C)(C)Oc1ccc(CC[Si](C)(C)Cl)cc1. The van der Waals surface area contributed by atoms with Crippen LogP contribution < -0.4 is 4.74 Å². The Morgan fingerprint density at radius 2 is 1.65 bits per heavy atom. The molecule has 1 nitrogen and oxygen atoms in total. The molecule has 0 saturated heterocycles. The van der Waals surface area contributed by atoms with Gasteiger partial charge in [-0.1, -0.05) is 25.2 Å². The molecule has 3 heteroatoms. The molecule has 0 atom stereocenters. The highest BCUT2D eigenvalue weighted by atomic mass is 35.6. The van der Waals surface area contributed by atoms with Crippen molar-refractivity contribution in [1.82, 2.24) is 0 Å². The van der Waals surface area contributed by atoms with E-state index in [-0.39, 0.29) is 5.60 Å². The molecule has 0 spiro atoms. The molecule has 0 heterocycles. The zero-order valence-corrected chi connectivity index (χ0v) is 13.3. The first kappa shape index (κ1) is 14.6. The molecule has 0 radical (unpaired) electrons. The second-order valence-electron chi connectivity index (χ2n) is 6.08. The van der Waals surface area contributed by atoms with Crippen LogP contribution in [0.3, 0.4) is 0 Å². The fourth-order valence-electron chi connectivity index (χ4n) is 1.52. The van der Waals surface area contributed by atoms with Crippen LogP contribution in [0, 0.1) is 0 Å². The fourth-order valence-corrected chi connectivity index (χ4v) is 2.69. The van der Waals surface area contributed by atoms with E-state index in [1.165, 1.54) is 5.56 Å². The second kappa shape index (κ2) is 5.45. The molecule has 1 aromatic rings. The molecular formula is C14H23ClOSi. The van der Waals surface area contributed by atoms with Gasteiger partial charge in [0, 0.05) is 0 Å². The van der Waals surface area contributed by atoms with Crippen LogP contribution >= 0.6 is 11.1 Å². The molecule has 0 aliphatic rings. The maximum atomic E-state index is 6.32. The monoisotopic (exact) mass is 270 g/mol. The quantitative estimate of drug-likeness (QED) is 0.561. The van der Waals surface area contributed by atoms with E-state index in [2.05, 4.69) is 46.0 Å². The lowest BCUT2D eigenvalue weighted by Gasteiger charge is -2.21. The number of hydrogen-bond donors (Lipinski definition) is 0. The van der Waals surface area contributed by atoms with Gasteiger partial charge in [-0.3, -0.25) is 0 Å². The van der Waals surface area contributed by atoms with E-state index in [0.717, 1.165) is 18.2 Å². The zero-order chi connectivity index (χ0) is 13.1. The van der Waals surface area contributed by atoms with E-state index in [1.54, 1.807) is 0 Å². The summed E-state index contributed by atoms with van der Waals surface area (Å²) in [5.74, 6) is 0.934. The van der Waals surface area contributed by atoms with Crippen LogP contribution in [-0.4, -0.2) is 13.0 Å². The van der Waals surface area contributed by atoms with Crippen molar-refractivity contribution in [2.45, 2.75) is 51.9 Å². The van der Waals surface area contributed by atoms with Crippen molar-refractivity contribution >= 4 is 18.5 Å². The summed E-state index contributed by atoms with van der Waals surface area (Å²) in [6, 6.07) is 9.48. The normalized spacial score (nSPS) is 12.6. The molecule has 0 bridgehead atoms. The predicted molar refractivity (Wildman–Crippen MR) is 78.7 cm³/mol. The lowest BCUT2D eigenvalue weighted by Crippen LogP contribution is -2.22. The molecule has 17 heavy (non-hydrogen) atoms. The Morgan fingerprint density at radius 3 is 2.06 bits per heavy atom. The van der Waals surface area contributed by atoms with Gasteiger partial charge in [0.25, 0.3) is 0 Å². The van der Waals surface area contributed by atoms with Gasteiger partial charge in [-0.05, 0) is 50.9 Å². The van der Waals surface area contributed by atoms with Gasteiger partial charge < -0.3 is 4.74 Å². The smallest absolute Gasteiger partial charge is 0.150 e. The molecule has 0 aliphatic carbocycles. The van der Waals surface area contributed by atoms with Crippen molar-refractivity contribution in [3.8, 4) is 5.75 Å². The van der Waals surface area contributed by atoms with Gasteiger partial charge in [-0.15, -0.1) is 0 Å². The van der Waals surface area contributed by atoms with E-state index in [0.29, 0.717) is 0 Å². The first-order chi connectivity index (χ1) is 7.66. The number of aryl methyl sites for hydroxylation is 1. The Bertz CT molecular complexity index is 346. The van der Waals surface area contributed by atoms with Gasteiger partial charge in [-0.2, -0.15) is 11.1 Å². The topological polar surface area (TPSA) is 9.23 Å². The maximum Gasteiger partial charge on any atom is 0.150 e. The minimum absolute atomic E-state index is 0.132. The molecule has 0 amide bonds. The molecule has 96 valence electrons. The Labute approximate surface area is 111 Å². The molecule has 0 unspecified atom stereocenters. The average Bonchev–Trinajstić information content (AvgIpc) is 2.13. The van der Waals surface area contributed by atoms with Gasteiger partial charge in [0.15, 0.2) is 7.38 Å². The summed E-state index contributed by atoms with van der Waals surface area (Å²) in [5, 5.41) is 0. The average molecular weight is 271 g/mol. The van der Waals surface area contributed by atoms with E-state index < -0.39 is 7.38 Å². The van der Waals surface area contributed by atoms with Crippen molar-refractivity contribution in [2.75, 3.05) is 0 Å². The fraction of sp³-hybridized carbons (Fsp3) is 0.571. The number of hydrogen-bond acceptors (Lipinski definition) is 1. The van der Waals surface area contributed by atoms with E-state index in [4.69, 9.17) is 15.8 Å². The first-order valence-electron chi connectivity index (χ1n) is 6.13. The molecule has 1 rings (SSSR count). The highest BCUT2D eigenvalue weighted by Gasteiger charge is 2.16. The molecule has 0 aromatic heterocycles. The summed E-state index contributed by atoms with van der Waals surface area (Å²) >= 11 is 6.32. The van der Waals surface area contributed by atoms with Crippen LogP contribution in [0.2, 0.25) is 19.1 Å². The standard InChI is InChI=1S/C14H23ClOSi/c1-14(2,3)16-13-8-6-12(7-9-13)10-11-17(4,5)15/h6-9H,10-11H2,1-5H3. The molecule has 0 N–H and O–H groups in total. The van der Waals surface area contributed by atoms with Crippen LogP contribution in [0.1, 0.15) is 26.3 Å². The Morgan fingerprint density at radius 1 is 1.12 bits per heavy atom. The predicted octanol–water partition coefficient (Wildman–Crippen LogP) is 4.85. The molecule has 1 aromatic carbocycles. The second-order valence-corrected chi connectivity index (χ2v) is 13.1. The third kappa shape index (κ3) is 6.74. The van der Waals surface area contributed by atoms with Gasteiger partial charge >= 0.3 is 0 Å². The van der Waals surface area contributed by atoms with Gasteiger partial charge in [0.05, 0.1) is 0 Å². The maximum absolute atomic E-state index is 6.32. The number of halogens is 1. The highest BCUT2D eigenvalue weighted by molar-refractivity contribution is 7.19. The summed E-state index contributed by atoms with van der Waals surface area (Å²) in [6.45, 7) is 10.5. The Balaban J connectivity index is 2.56.